The topological polar surface area (TPSA) is 164 Å². The number of phenols is 1. The number of benzene rings is 2. The molecule has 0 saturated carbocycles. The summed E-state index contributed by atoms with van der Waals surface area (Å²) >= 11 is 7.53. The Hall–Kier alpha value is -3.19. The van der Waals surface area contributed by atoms with E-state index in [1.807, 2.05) is 0 Å². The van der Waals surface area contributed by atoms with Crippen LogP contribution in [0.4, 0.5) is 4.39 Å². The third-order valence-corrected chi connectivity index (χ3v) is 7.30. The molecule has 10 nitrogen and oxygen atoms in total. The summed E-state index contributed by atoms with van der Waals surface area (Å²) in [5.41, 5.74) is 4.95. The van der Waals surface area contributed by atoms with Crippen LogP contribution in [0.15, 0.2) is 55.1 Å². The van der Waals surface area contributed by atoms with Crippen LogP contribution in [0, 0.1) is 5.82 Å². The number of aromatic hydroxyl groups is 1. The van der Waals surface area contributed by atoms with Crippen molar-refractivity contribution in [1.29, 1.82) is 0 Å². The Morgan fingerprint density at radius 3 is 2.61 bits per heavy atom. The number of rotatable bonds is 12. The zero-order valence-electron chi connectivity index (χ0n) is 18.9. The quantitative estimate of drug-likeness (QED) is 0.232. The van der Waals surface area contributed by atoms with Crippen molar-refractivity contribution in [2.45, 2.75) is 29.9 Å². The molecule has 0 aliphatic carbocycles. The van der Waals surface area contributed by atoms with Crippen molar-refractivity contribution in [1.82, 2.24) is 20.1 Å². The predicted octanol–water partition coefficient (Wildman–Crippen LogP) is 2.06. The number of thioether (sulfide) groups is 1. The van der Waals surface area contributed by atoms with Crippen LogP contribution >= 0.6 is 23.4 Å². The standard InChI is InChI=1S/C23H25ClFN5O5S/c24-20-16(2-1-3-18(20)31)21(36-10-17(26)22(34)28-9-8-19(32)33)23(35,11-30-13-27-12-29-30)14-4-6-15(25)7-5-14/h1-7,12-13,17,21,31,35H,8-11,26H2,(H,28,34)(H,32,33)/t17-,21?,23?/m1/s1. The number of aliphatic hydroxyl groups is 1. The van der Waals surface area contributed by atoms with Gasteiger partial charge in [0, 0.05) is 12.3 Å². The number of hydrogen-bond acceptors (Lipinski definition) is 8. The number of nitrogens with zero attached hydrogens (tertiary/aromatic N) is 3. The number of nitrogens with one attached hydrogen (secondary N) is 1. The molecule has 1 amide bonds. The highest BCUT2D eigenvalue weighted by Crippen LogP contribution is 2.49. The van der Waals surface area contributed by atoms with Gasteiger partial charge in [-0.25, -0.2) is 14.1 Å². The van der Waals surface area contributed by atoms with E-state index in [9.17, 15) is 24.2 Å². The average Bonchev–Trinajstić information content (AvgIpc) is 3.34. The van der Waals surface area contributed by atoms with Gasteiger partial charge in [-0.2, -0.15) is 5.10 Å². The number of carboxylic acids is 1. The number of halogens is 2. The molecule has 0 radical (unpaired) electrons. The fourth-order valence-electron chi connectivity index (χ4n) is 3.55. The lowest BCUT2D eigenvalue weighted by atomic mass is 9.86. The molecule has 0 bridgehead atoms. The molecule has 2 unspecified atom stereocenters. The summed E-state index contributed by atoms with van der Waals surface area (Å²) < 4.78 is 15.1. The van der Waals surface area contributed by atoms with Gasteiger partial charge < -0.3 is 26.4 Å². The number of phenolic OH excluding ortho intramolecular Hbond substituents is 1. The summed E-state index contributed by atoms with van der Waals surface area (Å²) in [5, 5.41) is 36.8. The molecule has 0 spiro atoms. The number of carbonyl (C=O) groups excluding carboxylic acids is 1. The highest BCUT2D eigenvalue weighted by Gasteiger charge is 2.42. The van der Waals surface area contributed by atoms with Gasteiger partial charge in [0.25, 0.3) is 0 Å². The van der Waals surface area contributed by atoms with E-state index in [2.05, 4.69) is 15.4 Å². The van der Waals surface area contributed by atoms with Gasteiger partial charge in [0.15, 0.2) is 0 Å². The Morgan fingerprint density at radius 2 is 1.97 bits per heavy atom. The fourth-order valence-corrected chi connectivity index (χ4v) is 5.26. The van der Waals surface area contributed by atoms with Crippen LogP contribution in [0.1, 0.15) is 22.8 Å². The number of carboxylic acid groups (broad SMARTS) is 1. The number of aliphatic carboxylic acids is 1. The van der Waals surface area contributed by atoms with E-state index >= 15 is 0 Å². The van der Waals surface area contributed by atoms with Gasteiger partial charge in [0.05, 0.1) is 29.3 Å². The highest BCUT2D eigenvalue weighted by molar-refractivity contribution is 7.99. The molecule has 0 aliphatic heterocycles. The van der Waals surface area contributed by atoms with Gasteiger partial charge in [-0.15, -0.1) is 11.8 Å². The Balaban J connectivity index is 1.98. The van der Waals surface area contributed by atoms with E-state index in [0.29, 0.717) is 11.1 Å². The molecule has 1 aromatic heterocycles. The third-order valence-electron chi connectivity index (χ3n) is 5.36. The summed E-state index contributed by atoms with van der Waals surface area (Å²) in [6, 6.07) is 8.78. The molecule has 3 atom stereocenters. The highest BCUT2D eigenvalue weighted by atomic mass is 35.5. The van der Waals surface area contributed by atoms with Crippen LogP contribution in [0.5, 0.6) is 5.75 Å². The van der Waals surface area contributed by atoms with Gasteiger partial charge in [-0.05, 0) is 29.3 Å². The lowest BCUT2D eigenvalue weighted by molar-refractivity contribution is -0.136. The molecular weight excluding hydrogens is 513 g/mol. The zero-order valence-corrected chi connectivity index (χ0v) is 20.5. The van der Waals surface area contributed by atoms with Crippen LogP contribution in [0.3, 0.4) is 0 Å². The number of aromatic nitrogens is 3. The first-order valence-electron chi connectivity index (χ1n) is 10.8. The van der Waals surface area contributed by atoms with Crippen LogP contribution < -0.4 is 11.1 Å². The molecule has 1 heterocycles. The van der Waals surface area contributed by atoms with Crippen molar-refractivity contribution in [3.63, 3.8) is 0 Å². The maximum Gasteiger partial charge on any atom is 0.305 e. The first-order chi connectivity index (χ1) is 17.1. The van der Waals surface area contributed by atoms with E-state index in [0.717, 1.165) is 11.8 Å². The number of nitrogens with two attached hydrogens (primary N) is 1. The van der Waals surface area contributed by atoms with Crippen molar-refractivity contribution in [2.75, 3.05) is 12.3 Å². The van der Waals surface area contributed by atoms with Crippen LogP contribution in [-0.2, 0) is 21.7 Å². The zero-order chi connectivity index (χ0) is 26.3. The summed E-state index contributed by atoms with van der Waals surface area (Å²) in [7, 11) is 0. The van der Waals surface area contributed by atoms with Gasteiger partial charge in [0.2, 0.25) is 5.91 Å². The Labute approximate surface area is 215 Å². The van der Waals surface area contributed by atoms with Crippen molar-refractivity contribution in [2.24, 2.45) is 5.73 Å². The van der Waals surface area contributed by atoms with Crippen molar-refractivity contribution >= 4 is 35.2 Å². The van der Waals surface area contributed by atoms with Gasteiger partial charge in [-0.3, -0.25) is 9.59 Å². The Kier molecular flexibility index (Phi) is 9.26. The van der Waals surface area contributed by atoms with Crippen molar-refractivity contribution in [3.05, 3.63) is 77.1 Å². The first-order valence-corrected chi connectivity index (χ1v) is 12.2. The maximum absolute atomic E-state index is 13.7. The monoisotopic (exact) mass is 537 g/mol. The van der Waals surface area contributed by atoms with Gasteiger partial charge >= 0.3 is 5.97 Å². The Bertz CT molecular complexity index is 1180. The van der Waals surface area contributed by atoms with E-state index in [-0.39, 0.29) is 36.0 Å². The number of carbonyl (C=O) groups is 2. The molecule has 13 heteroatoms. The van der Waals surface area contributed by atoms with Gasteiger partial charge in [-0.1, -0.05) is 35.9 Å². The van der Waals surface area contributed by atoms with Gasteiger partial charge in [0.1, 0.15) is 29.8 Å². The Morgan fingerprint density at radius 1 is 1.25 bits per heavy atom. The fraction of sp³-hybridized carbons (Fsp3) is 0.304. The molecule has 3 rings (SSSR count). The van der Waals surface area contributed by atoms with Crippen molar-refractivity contribution in [3.8, 4) is 5.75 Å². The maximum atomic E-state index is 13.7. The largest absolute Gasteiger partial charge is 0.506 e. The lowest BCUT2D eigenvalue weighted by Gasteiger charge is -2.37. The second-order valence-corrected chi connectivity index (χ2v) is 9.48. The molecule has 192 valence electrons. The minimum atomic E-state index is -1.77. The summed E-state index contributed by atoms with van der Waals surface area (Å²) in [4.78, 5) is 27.0. The molecule has 0 saturated heterocycles. The SMILES string of the molecule is N[C@H](CSC(c1cccc(O)c1Cl)C(O)(Cn1cncn1)c1ccc(F)cc1)C(=O)NCCC(=O)O. The first kappa shape index (κ1) is 27.4. The number of hydrogen-bond donors (Lipinski definition) is 5. The normalized spacial score (nSPS) is 14.6. The molecule has 3 aromatic rings. The third kappa shape index (κ3) is 6.72. The molecule has 36 heavy (non-hydrogen) atoms. The van der Waals surface area contributed by atoms with E-state index < -0.39 is 34.6 Å². The predicted molar refractivity (Wildman–Crippen MR) is 132 cm³/mol. The minimum Gasteiger partial charge on any atom is -0.506 e. The van der Waals surface area contributed by atoms with E-state index in [1.165, 1.54) is 47.7 Å². The van der Waals surface area contributed by atoms with Crippen molar-refractivity contribution < 1.29 is 29.3 Å². The van der Waals surface area contributed by atoms with E-state index in [4.69, 9.17) is 22.4 Å². The molecule has 0 fully saturated rings. The van der Waals surface area contributed by atoms with E-state index in [1.54, 1.807) is 12.1 Å². The van der Waals surface area contributed by atoms with Crippen LogP contribution in [0.25, 0.3) is 0 Å². The number of amides is 1. The average molecular weight is 538 g/mol. The smallest absolute Gasteiger partial charge is 0.305 e. The summed E-state index contributed by atoms with van der Waals surface area (Å²) in [5.74, 6) is -2.34. The molecule has 6 N–H and O–H groups in total. The molecule has 0 aliphatic rings. The van der Waals surface area contributed by atoms with Crippen LogP contribution in [0.2, 0.25) is 5.02 Å². The molecule has 2 aromatic carbocycles. The summed E-state index contributed by atoms with van der Waals surface area (Å²) in [6.45, 7) is -0.206. The second kappa shape index (κ2) is 12.2. The minimum absolute atomic E-state index is 0.00355. The summed E-state index contributed by atoms with van der Waals surface area (Å²) in [6.07, 6.45) is 2.45. The lowest BCUT2D eigenvalue weighted by Crippen LogP contribution is -2.44. The molecular formula is C23H25ClFN5O5S. The second-order valence-electron chi connectivity index (χ2n) is 7.96. The van der Waals surface area contributed by atoms with Crippen LogP contribution in [-0.4, -0.2) is 60.3 Å².